The highest BCUT2D eigenvalue weighted by atomic mass is 35.5. The highest BCUT2D eigenvalue weighted by Gasteiger charge is 2.28. The molecule has 0 aromatic rings. The third-order valence-corrected chi connectivity index (χ3v) is 3.04. The quantitative estimate of drug-likeness (QED) is 0.461. The van der Waals surface area contributed by atoms with Gasteiger partial charge < -0.3 is 14.8 Å². The SMILES string of the molecule is COCCCOCCNCC(Cl)C1CC1. The lowest BCUT2D eigenvalue weighted by Gasteiger charge is -2.09. The first-order chi connectivity index (χ1) is 7.34. The average Bonchev–Trinajstić information content (AvgIpc) is 3.05. The maximum Gasteiger partial charge on any atom is 0.0590 e. The van der Waals surface area contributed by atoms with Gasteiger partial charge >= 0.3 is 0 Å². The average molecular weight is 236 g/mol. The Morgan fingerprint density at radius 2 is 2.13 bits per heavy atom. The van der Waals surface area contributed by atoms with Crippen LogP contribution in [-0.2, 0) is 9.47 Å². The van der Waals surface area contributed by atoms with Crippen LogP contribution in [0.25, 0.3) is 0 Å². The van der Waals surface area contributed by atoms with Crippen molar-refractivity contribution in [1.82, 2.24) is 5.32 Å². The Hall–Kier alpha value is 0.170. The number of methoxy groups -OCH3 is 1. The summed E-state index contributed by atoms with van der Waals surface area (Å²) >= 11 is 6.14. The smallest absolute Gasteiger partial charge is 0.0590 e. The van der Waals surface area contributed by atoms with Crippen molar-refractivity contribution in [1.29, 1.82) is 0 Å². The van der Waals surface area contributed by atoms with Crippen molar-refractivity contribution in [3.8, 4) is 0 Å². The van der Waals surface area contributed by atoms with Gasteiger partial charge in [-0.2, -0.15) is 0 Å². The van der Waals surface area contributed by atoms with Crippen LogP contribution in [0.3, 0.4) is 0 Å². The van der Waals surface area contributed by atoms with Crippen molar-refractivity contribution < 1.29 is 9.47 Å². The van der Waals surface area contributed by atoms with Crippen LogP contribution >= 0.6 is 11.6 Å². The third-order valence-electron chi connectivity index (χ3n) is 2.53. The van der Waals surface area contributed by atoms with E-state index in [9.17, 15) is 0 Å². The van der Waals surface area contributed by atoms with E-state index in [0.29, 0.717) is 5.38 Å². The molecule has 1 fully saturated rings. The van der Waals surface area contributed by atoms with Crippen LogP contribution in [0, 0.1) is 5.92 Å². The van der Waals surface area contributed by atoms with E-state index < -0.39 is 0 Å². The fourth-order valence-electron chi connectivity index (χ4n) is 1.42. The third kappa shape index (κ3) is 7.12. The molecular formula is C11H22ClNO2. The molecule has 90 valence electrons. The van der Waals surface area contributed by atoms with Crippen LogP contribution < -0.4 is 5.32 Å². The normalized spacial score (nSPS) is 18.0. The summed E-state index contributed by atoms with van der Waals surface area (Å²) in [5, 5.41) is 3.63. The van der Waals surface area contributed by atoms with Crippen molar-refractivity contribution in [3.05, 3.63) is 0 Å². The molecule has 1 aliphatic carbocycles. The predicted octanol–water partition coefficient (Wildman–Crippen LogP) is 1.65. The minimum atomic E-state index is 0.318. The highest BCUT2D eigenvalue weighted by Crippen LogP contribution is 2.35. The second kappa shape index (κ2) is 8.34. The van der Waals surface area contributed by atoms with E-state index in [1.165, 1.54) is 12.8 Å². The van der Waals surface area contributed by atoms with Gasteiger partial charge in [-0.1, -0.05) is 0 Å². The van der Waals surface area contributed by atoms with Crippen LogP contribution in [0.1, 0.15) is 19.3 Å². The number of rotatable bonds is 10. The Balaban J connectivity index is 1.72. The number of hydrogen-bond acceptors (Lipinski definition) is 3. The van der Waals surface area contributed by atoms with Gasteiger partial charge in [-0.15, -0.1) is 11.6 Å². The molecule has 0 bridgehead atoms. The maximum absolute atomic E-state index is 6.14. The van der Waals surface area contributed by atoms with Crippen molar-refractivity contribution in [2.45, 2.75) is 24.6 Å². The molecule has 1 unspecified atom stereocenters. The molecule has 1 aliphatic rings. The number of nitrogens with one attached hydrogen (secondary N) is 1. The van der Waals surface area contributed by atoms with Crippen LogP contribution in [0.4, 0.5) is 0 Å². The van der Waals surface area contributed by atoms with Gasteiger partial charge in [0.25, 0.3) is 0 Å². The first-order valence-electron chi connectivity index (χ1n) is 5.76. The fourth-order valence-corrected chi connectivity index (χ4v) is 1.78. The molecule has 0 aliphatic heterocycles. The van der Waals surface area contributed by atoms with Crippen molar-refractivity contribution in [2.75, 3.05) is 40.0 Å². The van der Waals surface area contributed by atoms with Gasteiger partial charge in [0.15, 0.2) is 0 Å². The van der Waals surface area contributed by atoms with Crippen LogP contribution in [0.2, 0.25) is 0 Å². The van der Waals surface area contributed by atoms with Crippen LogP contribution in [0.5, 0.6) is 0 Å². The first-order valence-corrected chi connectivity index (χ1v) is 6.19. The Kier molecular flexibility index (Phi) is 7.36. The Bertz CT molecular complexity index is 154. The lowest BCUT2D eigenvalue weighted by atomic mass is 10.3. The zero-order valence-electron chi connectivity index (χ0n) is 9.51. The van der Waals surface area contributed by atoms with Gasteiger partial charge in [-0.05, 0) is 25.2 Å². The Morgan fingerprint density at radius 1 is 1.33 bits per heavy atom. The van der Waals surface area contributed by atoms with E-state index in [0.717, 1.165) is 45.2 Å². The van der Waals surface area contributed by atoms with Crippen LogP contribution in [0.15, 0.2) is 0 Å². The second-order valence-corrected chi connectivity index (χ2v) is 4.58. The lowest BCUT2D eigenvalue weighted by Crippen LogP contribution is -2.27. The van der Waals surface area contributed by atoms with Crippen molar-refractivity contribution >= 4 is 11.6 Å². The summed E-state index contributed by atoms with van der Waals surface area (Å²) in [7, 11) is 1.71. The highest BCUT2D eigenvalue weighted by molar-refractivity contribution is 6.21. The zero-order valence-corrected chi connectivity index (χ0v) is 10.3. The number of hydrogen-bond donors (Lipinski definition) is 1. The molecule has 0 amide bonds. The molecule has 0 aromatic heterocycles. The minimum absolute atomic E-state index is 0.318. The molecule has 15 heavy (non-hydrogen) atoms. The van der Waals surface area contributed by atoms with E-state index in [2.05, 4.69) is 5.32 Å². The molecule has 1 atom stereocenters. The summed E-state index contributed by atoms with van der Waals surface area (Å²) < 4.78 is 10.3. The molecule has 3 nitrogen and oxygen atoms in total. The van der Waals surface area contributed by atoms with Gasteiger partial charge in [-0.3, -0.25) is 0 Å². The zero-order chi connectivity index (χ0) is 10.9. The first kappa shape index (κ1) is 13.2. The van der Waals surface area contributed by atoms with E-state index in [-0.39, 0.29) is 0 Å². The minimum Gasteiger partial charge on any atom is -0.385 e. The Morgan fingerprint density at radius 3 is 2.80 bits per heavy atom. The van der Waals surface area contributed by atoms with E-state index in [4.69, 9.17) is 21.1 Å². The van der Waals surface area contributed by atoms with Gasteiger partial charge in [0.1, 0.15) is 0 Å². The standard InChI is InChI=1S/C11H22ClNO2/c1-14-6-2-7-15-8-5-13-9-11(12)10-3-4-10/h10-11,13H,2-9H2,1H3. The summed E-state index contributed by atoms with van der Waals surface area (Å²) in [6, 6.07) is 0. The lowest BCUT2D eigenvalue weighted by molar-refractivity contribution is 0.104. The number of alkyl halides is 1. The topological polar surface area (TPSA) is 30.5 Å². The molecule has 1 N–H and O–H groups in total. The molecule has 0 heterocycles. The number of ether oxygens (including phenoxy) is 2. The summed E-state index contributed by atoms with van der Waals surface area (Å²) in [4.78, 5) is 0. The van der Waals surface area contributed by atoms with Crippen LogP contribution in [-0.4, -0.2) is 45.4 Å². The van der Waals surface area contributed by atoms with E-state index in [1.54, 1.807) is 7.11 Å². The van der Waals surface area contributed by atoms with Gasteiger partial charge in [-0.25, -0.2) is 0 Å². The Labute approximate surface area is 97.5 Å². The summed E-state index contributed by atoms with van der Waals surface area (Å²) in [5.41, 5.74) is 0. The summed E-state index contributed by atoms with van der Waals surface area (Å²) in [6.45, 7) is 4.12. The monoisotopic (exact) mass is 235 g/mol. The second-order valence-electron chi connectivity index (χ2n) is 4.02. The summed E-state index contributed by atoms with van der Waals surface area (Å²) in [6.07, 6.45) is 3.59. The number of halogens is 1. The molecule has 0 saturated heterocycles. The molecule has 0 radical (unpaired) electrons. The van der Waals surface area contributed by atoms with E-state index in [1.807, 2.05) is 0 Å². The molecule has 1 saturated carbocycles. The summed E-state index contributed by atoms with van der Waals surface area (Å²) in [5.74, 6) is 0.766. The van der Waals surface area contributed by atoms with Gasteiger partial charge in [0, 0.05) is 38.8 Å². The fraction of sp³-hybridized carbons (Fsp3) is 1.00. The van der Waals surface area contributed by atoms with E-state index >= 15 is 0 Å². The van der Waals surface area contributed by atoms with Crippen molar-refractivity contribution in [3.63, 3.8) is 0 Å². The van der Waals surface area contributed by atoms with Gasteiger partial charge in [0.05, 0.1) is 6.61 Å². The molecule has 4 heteroatoms. The maximum atomic E-state index is 6.14. The molecular weight excluding hydrogens is 214 g/mol. The largest absolute Gasteiger partial charge is 0.385 e. The molecule has 0 spiro atoms. The molecule has 0 aromatic carbocycles. The van der Waals surface area contributed by atoms with Crippen molar-refractivity contribution in [2.24, 2.45) is 5.92 Å². The molecule has 1 rings (SSSR count). The van der Waals surface area contributed by atoms with Gasteiger partial charge in [0.2, 0.25) is 0 Å². The predicted molar refractivity (Wildman–Crippen MR) is 62.5 cm³/mol.